The van der Waals surface area contributed by atoms with Gasteiger partial charge in [0, 0.05) is 18.4 Å². The first kappa shape index (κ1) is 27.0. The van der Waals surface area contributed by atoms with Crippen molar-refractivity contribution in [2.45, 2.75) is 51.8 Å². The van der Waals surface area contributed by atoms with Gasteiger partial charge < -0.3 is 19.9 Å². The van der Waals surface area contributed by atoms with Crippen LogP contribution >= 0.6 is 11.8 Å². The molecule has 1 aliphatic heterocycles. The predicted octanol–water partition coefficient (Wildman–Crippen LogP) is 0.968. The summed E-state index contributed by atoms with van der Waals surface area (Å²) in [6.07, 6.45) is -5.72. The normalized spacial score (nSPS) is 20.9. The van der Waals surface area contributed by atoms with Crippen LogP contribution in [0.1, 0.15) is 39.0 Å². The molecule has 1 saturated heterocycles. The maximum absolute atomic E-state index is 12.3. The molecule has 0 aromatic carbocycles. The second-order valence-electron chi connectivity index (χ2n) is 8.47. The van der Waals surface area contributed by atoms with Gasteiger partial charge in [-0.2, -0.15) is 13.2 Å². The van der Waals surface area contributed by atoms with E-state index in [9.17, 15) is 32.7 Å². The number of ether oxygens (including phenoxy) is 2. The molecule has 1 aromatic heterocycles. The minimum atomic E-state index is -5.04. The number of aromatic amines is 1. The molecule has 0 spiro atoms. The lowest BCUT2D eigenvalue weighted by Gasteiger charge is -2.19. The first-order chi connectivity index (χ1) is 15.3. The monoisotopic (exact) mass is 493 g/mol. The zero-order valence-corrected chi connectivity index (χ0v) is 19.1. The summed E-state index contributed by atoms with van der Waals surface area (Å²) in [5.41, 5.74) is -1.70. The van der Waals surface area contributed by atoms with Crippen LogP contribution in [0, 0.1) is 17.3 Å². The first-order valence-corrected chi connectivity index (χ1v) is 11.1. The maximum Gasteiger partial charge on any atom is 0.471 e. The average Bonchev–Trinajstić information content (AvgIpc) is 3.11. The molecule has 9 nitrogen and oxygen atoms in total. The van der Waals surface area contributed by atoms with Gasteiger partial charge in [-0.3, -0.25) is 19.1 Å². The minimum absolute atomic E-state index is 0.120. The van der Waals surface area contributed by atoms with Crippen molar-refractivity contribution >= 4 is 17.7 Å². The van der Waals surface area contributed by atoms with Gasteiger partial charge in [-0.05, 0) is 5.41 Å². The molecular weight excluding hydrogens is 467 g/mol. The van der Waals surface area contributed by atoms with Gasteiger partial charge in [0.25, 0.3) is 5.56 Å². The Kier molecular flexibility index (Phi) is 9.19. The molecule has 0 saturated carbocycles. The fourth-order valence-corrected chi connectivity index (χ4v) is 3.81. The highest BCUT2D eigenvalue weighted by atomic mass is 32.2. The van der Waals surface area contributed by atoms with Crippen LogP contribution in [0.3, 0.4) is 0 Å². The number of carbonyl (C=O) groups excluding carboxylic acids is 1. The third-order valence-electron chi connectivity index (χ3n) is 4.36. The van der Waals surface area contributed by atoms with Crippen LogP contribution in [0.15, 0.2) is 15.8 Å². The number of halogens is 3. The number of nitrogens with one attached hydrogen (secondary N) is 2. The molecule has 1 fully saturated rings. The number of thioether (sulfide) groups is 1. The van der Waals surface area contributed by atoms with Gasteiger partial charge in [0.05, 0.1) is 25.2 Å². The zero-order chi connectivity index (χ0) is 24.8. The van der Waals surface area contributed by atoms with Crippen LogP contribution in [0.2, 0.25) is 0 Å². The Labute approximate surface area is 192 Å². The molecule has 0 radical (unpaired) electrons. The summed E-state index contributed by atoms with van der Waals surface area (Å²) in [5.74, 6) is 3.63. The van der Waals surface area contributed by atoms with E-state index in [0.29, 0.717) is 5.94 Å². The van der Waals surface area contributed by atoms with E-state index < -0.39 is 48.3 Å². The number of rotatable bonds is 7. The Bertz CT molecular complexity index is 1010. The van der Waals surface area contributed by atoms with Gasteiger partial charge in [-0.25, -0.2) is 4.79 Å². The molecule has 2 rings (SSSR count). The van der Waals surface area contributed by atoms with Gasteiger partial charge in [0.2, 0.25) is 0 Å². The number of hydrogen-bond donors (Lipinski definition) is 3. The predicted molar refractivity (Wildman–Crippen MR) is 115 cm³/mol. The fourth-order valence-electron chi connectivity index (χ4n) is 2.85. The summed E-state index contributed by atoms with van der Waals surface area (Å²) in [7, 11) is 0. The number of nitrogens with zero attached hydrogens (tertiary/aromatic N) is 1. The van der Waals surface area contributed by atoms with Crippen LogP contribution in [-0.2, 0) is 14.3 Å². The highest BCUT2D eigenvalue weighted by molar-refractivity contribution is 7.99. The largest absolute Gasteiger partial charge is 0.471 e. The van der Waals surface area contributed by atoms with E-state index in [1.165, 1.54) is 0 Å². The summed E-state index contributed by atoms with van der Waals surface area (Å²) in [4.78, 5) is 37.1. The van der Waals surface area contributed by atoms with Gasteiger partial charge in [-0.15, -0.1) is 11.8 Å². The van der Waals surface area contributed by atoms with Crippen molar-refractivity contribution in [2.75, 3.05) is 24.8 Å². The van der Waals surface area contributed by atoms with Crippen LogP contribution < -0.4 is 16.6 Å². The minimum Gasteiger partial charge on any atom is -0.394 e. The standard InChI is InChI=1S/C20H26F3N3O6S/c1-19(2,3)10-33-11-31-13-7-15(32-14(13)9-27)26-8-12(16(28)25-18(26)30)5-4-6-24-17(29)20(21,22)23/h8,13-15,27H,6-7,9-11H2,1-3H3,(H,24,29)(H,25,28,30)/t13?,14-,15-/m1/s1. The van der Waals surface area contributed by atoms with Crippen LogP contribution in [-0.4, -0.2) is 63.8 Å². The summed E-state index contributed by atoms with van der Waals surface area (Å²) in [5, 5.41) is 11.2. The molecule has 1 aliphatic rings. The summed E-state index contributed by atoms with van der Waals surface area (Å²) >= 11 is 1.58. The Morgan fingerprint density at radius 2 is 2.09 bits per heavy atom. The Morgan fingerprint density at radius 1 is 1.39 bits per heavy atom. The lowest BCUT2D eigenvalue weighted by molar-refractivity contribution is -0.173. The molecule has 2 heterocycles. The Morgan fingerprint density at radius 3 is 2.70 bits per heavy atom. The van der Waals surface area contributed by atoms with Crippen molar-refractivity contribution in [2.24, 2.45) is 5.41 Å². The van der Waals surface area contributed by atoms with Gasteiger partial charge >= 0.3 is 17.8 Å². The zero-order valence-electron chi connectivity index (χ0n) is 18.3. The number of hydrogen-bond acceptors (Lipinski definition) is 7. The molecule has 3 atom stereocenters. The third kappa shape index (κ3) is 8.22. The van der Waals surface area contributed by atoms with E-state index in [0.717, 1.165) is 16.5 Å². The Balaban J connectivity index is 2.08. The summed E-state index contributed by atoms with van der Waals surface area (Å²) in [6, 6.07) is 0. The maximum atomic E-state index is 12.3. The molecule has 1 unspecified atom stereocenters. The molecule has 33 heavy (non-hydrogen) atoms. The number of aliphatic hydroxyl groups is 1. The SMILES string of the molecule is CC(C)(C)CSCOC1C[C@H](n2cc(C#CCNC(=O)C(F)(F)F)c(=O)[nH]c2=O)O[C@@H]1CO. The second-order valence-corrected chi connectivity index (χ2v) is 9.40. The topological polar surface area (TPSA) is 123 Å². The fraction of sp³-hybridized carbons (Fsp3) is 0.650. The molecule has 0 bridgehead atoms. The van der Waals surface area contributed by atoms with E-state index in [-0.39, 0.29) is 24.0 Å². The lowest BCUT2D eigenvalue weighted by Crippen LogP contribution is -2.37. The van der Waals surface area contributed by atoms with Crippen LogP contribution in [0.4, 0.5) is 13.2 Å². The average molecular weight is 494 g/mol. The summed E-state index contributed by atoms with van der Waals surface area (Å²) < 4.78 is 49.1. The van der Waals surface area contributed by atoms with Gasteiger partial charge in [0.15, 0.2) is 0 Å². The molecule has 13 heteroatoms. The molecule has 0 aliphatic carbocycles. The number of H-pyrrole nitrogens is 1. The van der Waals surface area contributed by atoms with E-state index >= 15 is 0 Å². The highest BCUT2D eigenvalue weighted by Crippen LogP contribution is 2.31. The second kappa shape index (κ2) is 11.2. The quantitative estimate of drug-likeness (QED) is 0.294. The number of carbonyl (C=O) groups is 1. The van der Waals surface area contributed by atoms with E-state index in [1.54, 1.807) is 17.1 Å². The van der Waals surface area contributed by atoms with Gasteiger partial charge in [0.1, 0.15) is 17.9 Å². The number of aromatic nitrogens is 2. The third-order valence-corrected chi connectivity index (χ3v) is 5.73. The molecule has 184 valence electrons. The lowest BCUT2D eigenvalue weighted by atomic mass is 10.0. The summed E-state index contributed by atoms with van der Waals surface area (Å²) in [6.45, 7) is 5.30. The van der Waals surface area contributed by atoms with Crippen molar-refractivity contribution in [3.8, 4) is 11.8 Å². The van der Waals surface area contributed by atoms with Crippen molar-refractivity contribution in [1.29, 1.82) is 0 Å². The molecule has 3 N–H and O–H groups in total. The van der Waals surface area contributed by atoms with Gasteiger partial charge in [-0.1, -0.05) is 32.6 Å². The van der Waals surface area contributed by atoms with E-state index in [4.69, 9.17) is 9.47 Å². The van der Waals surface area contributed by atoms with Crippen molar-refractivity contribution in [1.82, 2.24) is 14.9 Å². The van der Waals surface area contributed by atoms with Crippen molar-refractivity contribution < 1.29 is 32.5 Å². The number of aliphatic hydroxyl groups excluding tert-OH is 1. The van der Waals surface area contributed by atoms with Crippen LogP contribution in [0.5, 0.6) is 0 Å². The molecular formula is C20H26F3N3O6S. The van der Waals surface area contributed by atoms with E-state index in [2.05, 4.69) is 37.6 Å². The smallest absolute Gasteiger partial charge is 0.394 e. The highest BCUT2D eigenvalue weighted by Gasteiger charge is 2.38. The number of amides is 1. The Hall–Kier alpha value is -2.27. The van der Waals surface area contributed by atoms with E-state index in [1.807, 2.05) is 0 Å². The number of alkyl halides is 3. The first-order valence-electron chi connectivity index (χ1n) is 9.97. The van der Waals surface area contributed by atoms with Crippen LogP contribution in [0.25, 0.3) is 0 Å². The molecule has 1 aromatic rings. The van der Waals surface area contributed by atoms with Crippen molar-refractivity contribution in [3.63, 3.8) is 0 Å². The van der Waals surface area contributed by atoms with Crippen molar-refractivity contribution in [3.05, 3.63) is 32.6 Å². The molecule has 1 amide bonds.